The van der Waals surface area contributed by atoms with Gasteiger partial charge in [0.15, 0.2) is 0 Å². The zero-order chi connectivity index (χ0) is 15.0. The second kappa shape index (κ2) is 5.61. The van der Waals surface area contributed by atoms with E-state index in [4.69, 9.17) is 0 Å². The zero-order valence-electron chi connectivity index (χ0n) is 12.4. The number of fused-ring (bicyclic) bond motifs is 1. The van der Waals surface area contributed by atoms with E-state index in [0.29, 0.717) is 6.42 Å². The molecule has 1 fully saturated rings. The number of rotatable bonds is 2. The normalized spacial score (nSPS) is 30.0. The van der Waals surface area contributed by atoms with E-state index in [1.165, 1.54) is 6.26 Å². The number of sulfone groups is 1. The molecule has 0 amide bonds. The number of benzene rings is 1. The third kappa shape index (κ3) is 2.94. The Bertz CT molecular complexity index is 614. The van der Waals surface area contributed by atoms with Crippen LogP contribution in [0.4, 0.5) is 5.69 Å². The van der Waals surface area contributed by atoms with Gasteiger partial charge in [0.25, 0.3) is 0 Å². The smallest absolute Gasteiger partial charge is 0.150 e. The lowest BCUT2D eigenvalue weighted by Crippen LogP contribution is -2.45. The van der Waals surface area contributed by atoms with Crippen LogP contribution in [-0.4, -0.2) is 37.6 Å². The first-order chi connectivity index (χ1) is 9.97. The van der Waals surface area contributed by atoms with Crippen molar-refractivity contribution in [3.63, 3.8) is 0 Å². The van der Waals surface area contributed by atoms with E-state index in [1.54, 1.807) is 0 Å². The quantitative estimate of drug-likeness (QED) is 0.910. The van der Waals surface area contributed by atoms with Crippen molar-refractivity contribution in [3.8, 4) is 0 Å². The van der Waals surface area contributed by atoms with Crippen molar-refractivity contribution < 1.29 is 13.5 Å². The van der Waals surface area contributed by atoms with E-state index in [-0.39, 0.29) is 11.3 Å². The summed E-state index contributed by atoms with van der Waals surface area (Å²) in [6.45, 7) is 0.805. The summed E-state index contributed by atoms with van der Waals surface area (Å²) in [6, 6.07) is 8.23. The molecule has 1 heterocycles. The fraction of sp³-hybridized carbons (Fsp3) is 0.625. The van der Waals surface area contributed by atoms with Crippen molar-refractivity contribution in [1.29, 1.82) is 0 Å². The van der Waals surface area contributed by atoms with Gasteiger partial charge in [-0.15, -0.1) is 0 Å². The lowest BCUT2D eigenvalue weighted by Gasteiger charge is -2.42. The highest BCUT2D eigenvalue weighted by Crippen LogP contribution is 2.38. The van der Waals surface area contributed by atoms with E-state index in [2.05, 4.69) is 4.90 Å². The monoisotopic (exact) mass is 309 g/mol. The van der Waals surface area contributed by atoms with Crippen LogP contribution in [0.3, 0.4) is 0 Å². The summed E-state index contributed by atoms with van der Waals surface area (Å²) in [7, 11) is -2.96. The summed E-state index contributed by atoms with van der Waals surface area (Å²) in [5.74, 6) is 0. The molecular weight excluding hydrogens is 286 g/mol. The Kier molecular flexibility index (Phi) is 3.97. The van der Waals surface area contributed by atoms with Crippen LogP contribution in [0.25, 0.3) is 0 Å². The highest BCUT2D eigenvalue weighted by molar-refractivity contribution is 7.91. The first-order valence-corrected chi connectivity index (χ1v) is 9.65. The third-order valence-corrected chi connectivity index (χ3v) is 6.53. The molecule has 0 bridgehead atoms. The Morgan fingerprint density at radius 1 is 1.19 bits per heavy atom. The molecule has 5 heteroatoms. The van der Waals surface area contributed by atoms with E-state index in [0.717, 1.165) is 43.5 Å². The van der Waals surface area contributed by atoms with Gasteiger partial charge >= 0.3 is 0 Å². The van der Waals surface area contributed by atoms with Gasteiger partial charge < -0.3 is 10.0 Å². The number of hydrogen-bond acceptors (Lipinski definition) is 4. The number of aliphatic hydroxyl groups excluding tert-OH is 1. The standard InChI is InChI=1S/C16H23NO3S/c1-21(19,20)13-6-4-5-12(11-13)17-10-9-16(18)14-7-2-3-8-15(14)17/h2-3,7-8,12-13,16,18H,4-6,9-11H2,1H3. The summed E-state index contributed by atoms with van der Waals surface area (Å²) in [5.41, 5.74) is 2.06. The number of anilines is 1. The molecule has 0 aromatic heterocycles. The van der Waals surface area contributed by atoms with Crippen LogP contribution in [0.2, 0.25) is 0 Å². The van der Waals surface area contributed by atoms with Gasteiger partial charge in [0, 0.05) is 30.1 Å². The third-order valence-electron chi connectivity index (χ3n) is 4.89. The Morgan fingerprint density at radius 3 is 2.71 bits per heavy atom. The number of nitrogens with zero attached hydrogens (tertiary/aromatic N) is 1. The maximum atomic E-state index is 11.9. The van der Waals surface area contributed by atoms with E-state index in [9.17, 15) is 13.5 Å². The minimum absolute atomic E-state index is 0.213. The molecule has 21 heavy (non-hydrogen) atoms. The molecule has 1 aliphatic heterocycles. The summed E-state index contributed by atoms with van der Waals surface area (Å²) < 4.78 is 23.7. The molecule has 3 atom stereocenters. The molecule has 3 rings (SSSR count). The van der Waals surface area contributed by atoms with Gasteiger partial charge in [0.2, 0.25) is 0 Å². The molecule has 1 N–H and O–H groups in total. The van der Waals surface area contributed by atoms with Crippen molar-refractivity contribution >= 4 is 15.5 Å². The summed E-state index contributed by atoms with van der Waals surface area (Å²) in [4.78, 5) is 2.32. The second-order valence-corrected chi connectivity index (χ2v) is 8.65. The molecule has 0 saturated heterocycles. The predicted molar refractivity (Wildman–Crippen MR) is 84.3 cm³/mol. The van der Waals surface area contributed by atoms with Crippen LogP contribution in [-0.2, 0) is 9.84 Å². The van der Waals surface area contributed by atoms with E-state index >= 15 is 0 Å². The van der Waals surface area contributed by atoms with Gasteiger partial charge in [-0.1, -0.05) is 24.6 Å². The van der Waals surface area contributed by atoms with Gasteiger partial charge in [-0.05, 0) is 31.7 Å². The van der Waals surface area contributed by atoms with Gasteiger partial charge in [0.1, 0.15) is 9.84 Å². The topological polar surface area (TPSA) is 57.6 Å². The first kappa shape index (κ1) is 14.9. The minimum Gasteiger partial charge on any atom is -0.388 e. The van der Waals surface area contributed by atoms with Crippen LogP contribution in [0, 0.1) is 0 Å². The van der Waals surface area contributed by atoms with Crippen molar-refractivity contribution in [2.24, 2.45) is 0 Å². The lowest BCUT2D eigenvalue weighted by molar-refractivity contribution is 0.161. The van der Waals surface area contributed by atoms with Gasteiger partial charge in [-0.2, -0.15) is 0 Å². The minimum atomic E-state index is -2.96. The summed E-state index contributed by atoms with van der Waals surface area (Å²) in [6.07, 6.45) is 5.17. The maximum absolute atomic E-state index is 11.9. The van der Waals surface area contributed by atoms with Crippen molar-refractivity contribution in [2.45, 2.75) is 49.5 Å². The predicted octanol–water partition coefficient (Wildman–Crippen LogP) is 2.29. The molecule has 1 aliphatic carbocycles. The van der Waals surface area contributed by atoms with Crippen LogP contribution >= 0.6 is 0 Å². The van der Waals surface area contributed by atoms with Crippen molar-refractivity contribution in [3.05, 3.63) is 29.8 Å². The lowest BCUT2D eigenvalue weighted by atomic mass is 9.90. The Hall–Kier alpha value is -1.07. The number of aliphatic hydroxyl groups is 1. The fourth-order valence-electron chi connectivity index (χ4n) is 3.74. The largest absolute Gasteiger partial charge is 0.388 e. The van der Waals surface area contributed by atoms with Gasteiger partial charge in [-0.3, -0.25) is 0 Å². The second-order valence-electron chi connectivity index (χ2n) is 6.33. The zero-order valence-corrected chi connectivity index (χ0v) is 13.2. The summed E-state index contributed by atoms with van der Waals surface area (Å²) >= 11 is 0. The molecule has 0 radical (unpaired) electrons. The molecule has 0 spiro atoms. The van der Waals surface area contributed by atoms with Gasteiger partial charge in [-0.25, -0.2) is 8.42 Å². The van der Waals surface area contributed by atoms with Crippen molar-refractivity contribution in [1.82, 2.24) is 0 Å². The van der Waals surface area contributed by atoms with Crippen molar-refractivity contribution in [2.75, 3.05) is 17.7 Å². The van der Waals surface area contributed by atoms with Gasteiger partial charge in [0.05, 0.1) is 11.4 Å². The Morgan fingerprint density at radius 2 is 1.95 bits per heavy atom. The highest BCUT2D eigenvalue weighted by Gasteiger charge is 2.34. The maximum Gasteiger partial charge on any atom is 0.150 e. The van der Waals surface area contributed by atoms with E-state index in [1.807, 2.05) is 24.3 Å². The molecular formula is C16H23NO3S. The molecule has 2 aliphatic rings. The SMILES string of the molecule is CS(=O)(=O)C1CCCC(N2CCC(O)c3ccccc32)C1. The Labute approximate surface area is 126 Å². The highest BCUT2D eigenvalue weighted by atomic mass is 32.2. The van der Waals surface area contributed by atoms with Crippen LogP contribution in [0.1, 0.15) is 43.8 Å². The van der Waals surface area contributed by atoms with Crippen LogP contribution < -0.4 is 4.90 Å². The average molecular weight is 309 g/mol. The number of para-hydroxylation sites is 1. The molecule has 1 saturated carbocycles. The average Bonchev–Trinajstić information content (AvgIpc) is 2.47. The van der Waals surface area contributed by atoms with E-state index < -0.39 is 15.9 Å². The molecule has 3 unspecified atom stereocenters. The fourth-order valence-corrected chi connectivity index (χ4v) is 4.91. The molecule has 1 aromatic rings. The molecule has 4 nitrogen and oxygen atoms in total. The molecule has 1 aromatic carbocycles. The van der Waals surface area contributed by atoms with Crippen LogP contribution in [0.5, 0.6) is 0 Å². The summed E-state index contributed by atoms with van der Waals surface area (Å²) in [5, 5.41) is 9.92. The Balaban J connectivity index is 1.86. The number of hydrogen-bond donors (Lipinski definition) is 1. The first-order valence-electron chi connectivity index (χ1n) is 7.69. The molecule has 116 valence electrons. The van der Waals surface area contributed by atoms with Crippen LogP contribution in [0.15, 0.2) is 24.3 Å².